The van der Waals surface area contributed by atoms with Crippen molar-refractivity contribution in [1.29, 1.82) is 0 Å². The Labute approximate surface area is 95.6 Å². The maximum Gasteiger partial charge on any atom is 0.352 e. The average molecular weight is 244 g/mol. The lowest BCUT2D eigenvalue weighted by Gasteiger charge is -1.98. The van der Waals surface area contributed by atoms with Gasteiger partial charge in [0.2, 0.25) is 0 Å². The van der Waals surface area contributed by atoms with Crippen molar-refractivity contribution in [2.45, 2.75) is 6.92 Å². The zero-order valence-corrected chi connectivity index (χ0v) is 9.28. The Balaban J connectivity index is 2.89. The number of hydrogen-bond acceptors (Lipinski definition) is 1. The number of aromatic nitrogens is 1. The first kappa shape index (κ1) is 10.3. The van der Waals surface area contributed by atoms with Gasteiger partial charge >= 0.3 is 5.97 Å². The molecule has 2 rings (SSSR count). The Morgan fingerprint density at radius 3 is 2.67 bits per heavy atom. The fraction of sp³-hybridized carbons (Fsp3) is 0.100. The molecule has 1 heterocycles. The molecule has 2 N–H and O–H groups in total. The molecule has 0 unspecified atom stereocenters. The number of aryl methyl sites for hydroxylation is 1. The molecule has 0 aliphatic heterocycles. The van der Waals surface area contributed by atoms with Gasteiger partial charge in [-0.15, -0.1) is 0 Å². The minimum absolute atomic E-state index is 0.147. The fourth-order valence-corrected chi connectivity index (χ4v) is 2.05. The second-order valence-electron chi connectivity index (χ2n) is 3.21. The van der Waals surface area contributed by atoms with Crippen molar-refractivity contribution < 1.29 is 9.90 Å². The molecule has 0 aliphatic carbocycles. The van der Waals surface area contributed by atoms with Crippen LogP contribution in [0.3, 0.4) is 0 Å². The van der Waals surface area contributed by atoms with E-state index in [1.165, 1.54) is 0 Å². The molecule has 1 aromatic carbocycles. The zero-order chi connectivity index (χ0) is 11.2. The summed E-state index contributed by atoms with van der Waals surface area (Å²) in [7, 11) is 0. The summed E-state index contributed by atoms with van der Waals surface area (Å²) in [6.07, 6.45) is 0. The highest BCUT2D eigenvalue weighted by molar-refractivity contribution is 6.45. The maximum atomic E-state index is 10.9. The van der Waals surface area contributed by atoms with Gasteiger partial charge in [-0.25, -0.2) is 4.79 Å². The van der Waals surface area contributed by atoms with E-state index in [1.807, 2.05) is 0 Å². The number of aromatic amines is 1. The van der Waals surface area contributed by atoms with E-state index in [0.717, 1.165) is 0 Å². The fourth-order valence-electron chi connectivity index (χ4n) is 1.59. The number of carboxylic acids is 1. The van der Waals surface area contributed by atoms with Crippen LogP contribution in [0, 0.1) is 6.92 Å². The highest BCUT2D eigenvalue weighted by Gasteiger charge is 2.16. The van der Waals surface area contributed by atoms with Gasteiger partial charge in [-0.1, -0.05) is 23.2 Å². The number of carbonyl (C=O) groups is 1. The molecule has 1 aromatic heterocycles. The molecule has 0 bridgehead atoms. The van der Waals surface area contributed by atoms with E-state index in [-0.39, 0.29) is 5.69 Å². The van der Waals surface area contributed by atoms with Crippen LogP contribution >= 0.6 is 23.2 Å². The highest BCUT2D eigenvalue weighted by atomic mass is 35.5. The molecular weight excluding hydrogens is 237 g/mol. The van der Waals surface area contributed by atoms with Gasteiger partial charge in [-0.3, -0.25) is 0 Å². The zero-order valence-electron chi connectivity index (χ0n) is 7.77. The molecular formula is C10H7Cl2NO2. The molecule has 0 saturated carbocycles. The van der Waals surface area contributed by atoms with Crippen molar-refractivity contribution in [3.8, 4) is 0 Å². The van der Waals surface area contributed by atoms with Crippen LogP contribution in [0.4, 0.5) is 0 Å². The predicted octanol–water partition coefficient (Wildman–Crippen LogP) is 3.48. The van der Waals surface area contributed by atoms with Crippen LogP contribution in [0.15, 0.2) is 12.1 Å². The summed E-state index contributed by atoms with van der Waals surface area (Å²) in [6, 6.07) is 3.34. The van der Waals surface area contributed by atoms with Crippen LogP contribution in [0.25, 0.3) is 10.9 Å². The third kappa shape index (κ3) is 1.48. The Morgan fingerprint density at radius 2 is 2.07 bits per heavy atom. The first-order valence-corrected chi connectivity index (χ1v) is 4.97. The van der Waals surface area contributed by atoms with Gasteiger partial charge in [0.15, 0.2) is 0 Å². The lowest BCUT2D eigenvalue weighted by Crippen LogP contribution is -1.98. The summed E-state index contributed by atoms with van der Waals surface area (Å²) >= 11 is 11.9. The van der Waals surface area contributed by atoms with Crippen LogP contribution < -0.4 is 0 Å². The number of benzene rings is 1. The largest absolute Gasteiger partial charge is 0.477 e. The van der Waals surface area contributed by atoms with Gasteiger partial charge in [-0.05, 0) is 24.6 Å². The van der Waals surface area contributed by atoms with Gasteiger partial charge in [0.05, 0.1) is 10.0 Å². The second-order valence-corrected chi connectivity index (χ2v) is 4.00. The molecule has 0 amide bonds. The molecule has 0 fully saturated rings. The van der Waals surface area contributed by atoms with Crippen LogP contribution in [0.1, 0.15) is 16.1 Å². The Hall–Kier alpha value is -1.19. The number of carboxylic acid groups (broad SMARTS) is 1. The summed E-state index contributed by atoms with van der Waals surface area (Å²) in [6.45, 7) is 1.70. The molecule has 0 radical (unpaired) electrons. The highest BCUT2D eigenvalue weighted by Crippen LogP contribution is 2.34. The van der Waals surface area contributed by atoms with Crippen LogP contribution in [0.2, 0.25) is 10.0 Å². The monoisotopic (exact) mass is 243 g/mol. The van der Waals surface area contributed by atoms with Gasteiger partial charge in [0.1, 0.15) is 5.69 Å². The van der Waals surface area contributed by atoms with E-state index in [4.69, 9.17) is 28.3 Å². The third-order valence-corrected chi connectivity index (χ3v) is 3.12. The molecule has 0 spiro atoms. The summed E-state index contributed by atoms with van der Waals surface area (Å²) in [5.74, 6) is -1.00. The van der Waals surface area contributed by atoms with Crippen molar-refractivity contribution in [2.75, 3.05) is 0 Å². The maximum absolute atomic E-state index is 10.9. The van der Waals surface area contributed by atoms with Gasteiger partial charge in [0, 0.05) is 10.9 Å². The standard InChI is InChI=1S/C10H7Cl2NO2/c1-4-7-6(13-9(4)10(14)15)3-2-5(11)8(7)12/h2-3,13H,1H3,(H,14,15). The molecule has 0 aliphatic rings. The van der Waals surface area contributed by atoms with Gasteiger partial charge < -0.3 is 10.1 Å². The van der Waals surface area contributed by atoms with Crippen molar-refractivity contribution in [3.05, 3.63) is 33.4 Å². The lowest BCUT2D eigenvalue weighted by molar-refractivity contribution is 0.0691. The van der Waals surface area contributed by atoms with Crippen LogP contribution in [-0.4, -0.2) is 16.1 Å². The number of H-pyrrole nitrogens is 1. The second kappa shape index (κ2) is 3.43. The molecule has 15 heavy (non-hydrogen) atoms. The summed E-state index contributed by atoms with van der Waals surface area (Å²) in [4.78, 5) is 13.7. The van der Waals surface area contributed by atoms with E-state index < -0.39 is 5.97 Å². The minimum Gasteiger partial charge on any atom is -0.477 e. The van der Waals surface area contributed by atoms with Crippen molar-refractivity contribution in [3.63, 3.8) is 0 Å². The van der Waals surface area contributed by atoms with E-state index in [1.54, 1.807) is 19.1 Å². The van der Waals surface area contributed by atoms with Crippen molar-refractivity contribution in [2.24, 2.45) is 0 Å². The predicted molar refractivity (Wildman–Crippen MR) is 60.0 cm³/mol. The van der Waals surface area contributed by atoms with Crippen LogP contribution in [-0.2, 0) is 0 Å². The lowest BCUT2D eigenvalue weighted by atomic mass is 10.1. The quantitative estimate of drug-likeness (QED) is 0.806. The smallest absolute Gasteiger partial charge is 0.352 e. The number of hydrogen-bond donors (Lipinski definition) is 2. The van der Waals surface area contributed by atoms with Gasteiger partial charge in [0.25, 0.3) is 0 Å². The number of aromatic carboxylic acids is 1. The topological polar surface area (TPSA) is 53.1 Å². The molecule has 0 atom stereocenters. The first-order valence-electron chi connectivity index (χ1n) is 4.22. The Bertz CT molecular complexity index is 560. The van der Waals surface area contributed by atoms with E-state index >= 15 is 0 Å². The van der Waals surface area contributed by atoms with Crippen molar-refractivity contribution in [1.82, 2.24) is 4.98 Å². The summed E-state index contributed by atoms with van der Waals surface area (Å²) < 4.78 is 0. The van der Waals surface area contributed by atoms with Crippen LogP contribution in [0.5, 0.6) is 0 Å². The van der Waals surface area contributed by atoms with E-state index in [0.29, 0.717) is 26.5 Å². The summed E-state index contributed by atoms with van der Waals surface area (Å²) in [5.41, 5.74) is 1.43. The van der Waals surface area contributed by atoms with Gasteiger partial charge in [-0.2, -0.15) is 0 Å². The number of fused-ring (bicyclic) bond motifs is 1. The third-order valence-electron chi connectivity index (χ3n) is 2.32. The molecule has 3 nitrogen and oxygen atoms in total. The van der Waals surface area contributed by atoms with E-state index in [2.05, 4.69) is 4.98 Å². The molecule has 5 heteroatoms. The Kier molecular flexibility index (Phi) is 2.37. The van der Waals surface area contributed by atoms with Crippen molar-refractivity contribution >= 4 is 40.1 Å². The minimum atomic E-state index is -1.00. The molecule has 0 saturated heterocycles. The number of rotatable bonds is 1. The number of halogens is 2. The first-order chi connectivity index (χ1) is 7.02. The average Bonchev–Trinajstić information content (AvgIpc) is 2.50. The summed E-state index contributed by atoms with van der Waals surface area (Å²) in [5, 5.41) is 10.4. The Morgan fingerprint density at radius 1 is 1.40 bits per heavy atom. The number of nitrogens with one attached hydrogen (secondary N) is 1. The normalized spacial score (nSPS) is 10.9. The molecule has 2 aromatic rings. The van der Waals surface area contributed by atoms with E-state index in [9.17, 15) is 4.79 Å². The molecule has 78 valence electrons. The SMILES string of the molecule is Cc1c(C(=O)O)[nH]c2ccc(Cl)c(Cl)c12.